The van der Waals surface area contributed by atoms with Gasteiger partial charge >= 0.3 is 12.0 Å². The highest BCUT2D eigenvalue weighted by atomic mass is 16.5. The van der Waals surface area contributed by atoms with Crippen LogP contribution in [0, 0.1) is 11.3 Å². The van der Waals surface area contributed by atoms with Gasteiger partial charge in [0.05, 0.1) is 6.54 Å². The number of ether oxygens (including phenoxy) is 1. The zero-order valence-corrected chi connectivity index (χ0v) is 13.5. The second-order valence-electron chi connectivity index (χ2n) is 6.73. The van der Waals surface area contributed by atoms with Gasteiger partial charge in [0.2, 0.25) is 0 Å². The van der Waals surface area contributed by atoms with Crippen molar-refractivity contribution in [1.29, 1.82) is 0 Å². The molecule has 1 aliphatic heterocycles. The predicted octanol–water partition coefficient (Wildman–Crippen LogP) is 1.94. The van der Waals surface area contributed by atoms with Crippen molar-refractivity contribution in [2.24, 2.45) is 11.3 Å². The summed E-state index contributed by atoms with van der Waals surface area (Å²) in [6.07, 6.45) is 2.11. The maximum Gasteiger partial charge on any atom is 0.334 e. The topological polar surface area (TPSA) is 78.9 Å². The molecule has 6 heteroatoms. The van der Waals surface area contributed by atoms with Gasteiger partial charge in [-0.1, -0.05) is 20.8 Å². The van der Waals surface area contributed by atoms with Crippen LogP contribution < -0.4 is 5.32 Å². The van der Waals surface area contributed by atoms with E-state index in [-0.39, 0.29) is 18.0 Å². The fourth-order valence-corrected chi connectivity index (χ4v) is 2.73. The molecule has 6 nitrogen and oxygen atoms in total. The van der Waals surface area contributed by atoms with Crippen molar-refractivity contribution in [1.82, 2.24) is 10.2 Å². The van der Waals surface area contributed by atoms with Crippen molar-refractivity contribution in [3.8, 4) is 0 Å². The van der Waals surface area contributed by atoms with Gasteiger partial charge in [0.1, 0.15) is 0 Å². The van der Waals surface area contributed by atoms with E-state index < -0.39 is 12.1 Å². The molecule has 0 bridgehead atoms. The molecule has 0 radical (unpaired) electrons. The van der Waals surface area contributed by atoms with Gasteiger partial charge < -0.3 is 20.1 Å². The number of carbonyl (C=O) groups excluding carboxylic acids is 1. The van der Waals surface area contributed by atoms with Crippen LogP contribution in [0.5, 0.6) is 0 Å². The fraction of sp³-hybridized carbons (Fsp3) is 0.867. The summed E-state index contributed by atoms with van der Waals surface area (Å²) in [6, 6.07) is -0.201. The molecule has 1 fully saturated rings. The quantitative estimate of drug-likeness (QED) is 0.831. The summed E-state index contributed by atoms with van der Waals surface area (Å²) < 4.78 is 4.80. The lowest BCUT2D eigenvalue weighted by molar-refractivity contribution is -0.148. The number of carboxylic acid groups (broad SMARTS) is 1. The van der Waals surface area contributed by atoms with Crippen LogP contribution in [0.4, 0.5) is 4.79 Å². The van der Waals surface area contributed by atoms with E-state index in [1.165, 1.54) is 7.11 Å². The van der Waals surface area contributed by atoms with Gasteiger partial charge in [-0.25, -0.2) is 9.59 Å². The molecule has 2 unspecified atom stereocenters. The van der Waals surface area contributed by atoms with E-state index in [4.69, 9.17) is 9.84 Å². The number of rotatable bonds is 4. The SMILES string of the molecule is COC(CNC(=O)N1CCCC(C(C)(C)C)CC1)C(=O)O. The zero-order valence-electron chi connectivity index (χ0n) is 13.5. The number of carboxylic acids is 1. The lowest BCUT2D eigenvalue weighted by atomic mass is 9.77. The molecule has 1 rings (SSSR count). The van der Waals surface area contributed by atoms with Crippen molar-refractivity contribution in [3.63, 3.8) is 0 Å². The third kappa shape index (κ3) is 5.53. The van der Waals surface area contributed by atoms with Crippen LogP contribution in [-0.2, 0) is 9.53 Å². The van der Waals surface area contributed by atoms with Crippen LogP contribution >= 0.6 is 0 Å². The highest BCUT2D eigenvalue weighted by molar-refractivity contribution is 5.77. The smallest absolute Gasteiger partial charge is 0.334 e. The molecule has 2 amide bonds. The maximum atomic E-state index is 12.1. The lowest BCUT2D eigenvalue weighted by Crippen LogP contribution is -2.45. The summed E-state index contributed by atoms with van der Waals surface area (Å²) in [7, 11) is 1.32. The Morgan fingerprint density at radius 1 is 1.33 bits per heavy atom. The molecule has 1 saturated heterocycles. The van der Waals surface area contributed by atoms with Gasteiger partial charge in [-0.15, -0.1) is 0 Å². The Bertz CT molecular complexity index is 365. The highest BCUT2D eigenvalue weighted by Crippen LogP contribution is 2.34. The van der Waals surface area contributed by atoms with Crippen molar-refractivity contribution in [3.05, 3.63) is 0 Å². The molecule has 0 aromatic carbocycles. The third-order valence-electron chi connectivity index (χ3n) is 4.24. The van der Waals surface area contributed by atoms with E-state index in [2.05, 4.69) is 26.1 Å². The minimum atomic E-state index is -1.07. The molecule has 2 N–H and O–H groups in total. The van der Waals surface area contributed by atoms with E-state index in [1.807, 2.05) is 0 Å². The monoisotopic (exact) mass is 300 g/mol. The van der Waals surface area contributed by atoms with Gasteiger partial charge in [0, 0.05) is 20.2 Å². The number of likely N-dealkylation sites (tertiary alicyclic amines) is 1. The summed E-state index contributed by atoms with van der Waals surface area (Å²) in [4.78, 5) is 24.7. The number of nitrogens with one attached hydrogen (secondary N) is 1. The van der Waals surface area contributed by atoms with Crippen LogP contribution in [-0.4, -0.2) is 54.9 Å². The number of methoxy groups -OCH3 is 1. The molecule has 21 heavy (non-hydrogen) atoms. The van der Waals surface area contributed by atoms with E-state index in [0.29, 0.717) is 5.92 Å². The molecule has 1 heterocycles. The average Bonchev–Trinajstić information content (AvgIpc) is 2.64. The first-order valence-electron chi connectivity index (χ1n) is 7.54. The van der Waals surface area contributed by atoms with Crippen molar-refractivity contribution < 1.29 is 19.4 Å². The molecule has 2 atom stereocenters. The van der Waals surface area contributed by atoms with Crippen LogP contribution in [0.15, 0.2) is 0 Å². The second-order valence-corrected chi connectivity index (χ2v) is 6.73. The van der Waals surface area contributed by atoms with Gasteiger partial charge in [-0.2, -0.15) is 0 Å². The summed E-state index contributed by atoms with van der Waals surface area (Å²) in [5.41, 5.74) is 0.261. The number of nitrogens with zero attached hydrogens (tertiary/aromatic N) is 1. The van der Waals surface area contributed by atoms with Crippen molar-refractivity contribution in [2.45, 2.75) is 46.1 Å². The summed E-state index contributed by atoms with van der Waals surface area (Å²) in [5.74, 6) is -0.456. The molecule has 0 aromatic heterocycles. The molecule has 0 saturated carbocycles. The Morgan fingerprint density at radius 3 is 2.52 bits per heavy atom. The molecular weight excluding hydrogens is 272 g/mol. The first-order chi connectivity index (χ1) is 9.75. The van der Waals surface area contributed by atoms with E-state index in [0.717, 1.165) is 32.4 Å². The Balaban J connectivity index is 2.47. The Morgan fingerprint density at radius 2 is 2.00 bits per heavy atom. The van der Waals surface area contributed by atoms with Crippen LogP contribution in [0.2, 0.25) is 0 Å². The lowest BCUT2D eigenvalue weighted by Gasteiger charge is -2.29. The molecule has 0 spiro atoms. The Hall–Kier alpha value is -1.30. The first kappa shape index (κ1) is 17.8. The van der Waals surface area contributed by atoms with Crippen molar-refractivity contribution >= 4 is 12.0 Å². The van der Waals surface area contributed by atoms with Gasteiger partial charge in [-0.3, -0.25) is 0 Å². The Labute approximate surface area is 126 Å². The van der Waals surface area contributed by atoms with Crippen molar-refractivity contribution in [2.75, 3.05) is 26.7 Å². The third-order valence-corrected chi connectivity index (χ3v) is 4.24. The standard InChI is InChI=1S/C15H28N2O4/c1-15(2,3)11-6-5-8-17(9-7-11)14(20)16-10-12(21-4)13(18)19/h11-12H,5-10H2,1-4H3,(H,16,20)(H,18,19). The number of amides is 2. The van der Waals surface area contributed by atoms with Gasteiger partial charge in [0.25, 0.3) is 0 Å². The number of hydrogen-bond donors (Lipinski definition) is 2. The largest absolute Gasteiger partial charge is 0.479 e. The number of carbonyl (C=O) groups is 2. The maximum absolute atomic E-state index is 12.1. The number of urea groups is 1. The first-order valence-corrected chi connectivity index (χ1v) is 7.54. The number of aliphatic carboxylic acids is 1. The molecule has 0 aliphatic carbocycles. The highest BCUT2D eigenvalue weighted by Gasteiger charge is 2.28. The minimum absolute atomic E-state index is 0.0101. The molecule has 122 valence electrons. The van der Waals surface area contributed by atoms with E-state index >= 15 is 0 Å². The summed E-state index contributed by atoms with van der Waals surface area (Å²) in [5, 5.41) is 11.5. The Kier molecular flexibility index (Phi) is 6.45. The normalized spacial score (nSPS) is 21.5. The molecule has 1 aliphatic rings. The van der Waals surface area contributed by atoms with Gasteiger partial charge in [0.15, 0.2) is 6.10 Å². The van der Waals surface area contributed by atoms with E-state index in [1.54, 1.807) is 4.90 Å². The van der Waals surface area contributed by atoms with Crippen LogP contribution in [0.25, 0.3) is 0 Å². The summed E-state index contributed by atoms with van der Waals surface area (Å²) >= 11 is 0. The molecular formula is C15H28N2O4. The zero-order chi connectivity index (χ0) is 16.0. The summed E-state index contributed by atoms with van der Waals surface area (Å²) in [6.45, 7) is 8.15. The predicted molar refractivity (Wildman–Crippen MR) is 80.2 cm³/mol. The average molecular weight is 300 g/mol. The molecule has 0 aromatic rings. The van der Waals surface area contributed by atoms with Crippen LogP contribution in [0.1, 0.15) is 40.0 Å². The van der Waals surface area contributed by atoms with Gasteiger partial charge in [-0.05, 0) is 30.6 Å². The van der Waals surface area contributed by atoms with Crippen LogP contribution in [0.3, 0.4) is 0 Å². The fourth-order valence-electron chi connectivity index (χ4n) is 2.73. The second kappa shape index (κ2) is 7.64. The minimum Gasteiger partial charge on any atom is -0.479 e. The number of hydrogen-bond acceptors (Lipinski definition) is 3. The van der Waals surface area contributed by atoms with E-state index in [9.17, 15) is 9.59 Å².